The number of fused-ring (bicyclic) bond motifs is 4. The van der Waals surface area contributed by atoms with Crippen LogP contribution in [-0.2, 0) is 75.8 Å². The normalized spacial score (nSPS) is 32.9. The minimum Gasteiger partial charge on any atom is -0.464 e. The Kier molecular flexibility index (Phi) is 27.6. The first-order chi connectivity index (χ1) is 44.9. The average Bonchev–Trinajstić information content (AvgIpc) is 1.13. The highest BCUT2D eigenvalue weighted by Gasteiger charge is 2.48. The number of carbonyl (C=O) groups is 4. The smallest absolute Gasteiger partial charge is 0.362 e. The number of hydrogen-bond donors (Lipinski definition) is 6. The molecule has 8 aliphatic heterocycles. The van der Waals surface area contributed by atoms with Gasteiger partial charge in [-0.05, 0) is 27.7 Å². The summed E-state index contributed by atoms with van der Waals surface area (Å²) in [6, 6.07) is -1.39. The number of rotatable bonds is 6. The first kappa shape index (κ1) is 74.2. The van der Waals surface area contributed by atoms with Crippen LogP contribution < -0.4 is 22.2 Å². The molecule has 4 unspecified atom stereocenters. The number of aromatic nitrogens is 8. The van der Waals surface area contributed by atoms with E-state index in [0.29, 0.717) is 39.6 Å². The van der Waals surface area contributed by atoms with Gasteiger partial charge in [0, 0.05) is 61.4 Å². The number of nitrogens with zero attached hydrogens (tertiary/aromatic N) is 6. The molecule has 520 valence electrons. The fourth-order valence-corrected chi connectivity index (χ4v) is 10.5. The van der Waals surface area contributed by atoms with E-state index in [-0.39, 0.29) is 84.8 Å². The first-order valence-corrected chi connectivity index (χ1v) is 29.7. The molecule has 4 aromatic heterocycles. The molecule has 4 aromatic rings. The molecule has 8 saturated heterocycles. The molecule has 0 saturated carbocycles. The highest BCUT2D eigenvalue weighted by molar-refractivity contribution is 5.87. The van der Waals surface area contributed by atoms with Gasteiger partial charge in [0.15, 0.2) is 25.2 Å². The quantitative estimate of drug-likeness (QED) is 0.0864. The number of aromatic amines is 2. The third-order valence-electron chi connectivity index (χ3n) is 15.6. The van der Waals surface area contributed by atoms with Crippen molar-refractivity contribution in [2.45, 2.75) is 152 Å². The Labute approximate surface area is 535 Å². The molecule has 8 aliphatic rings. The molecule has 0 spiro atoms. The monoisotopic (exact) mass is 1340 g/mol. The molecule has 8 fully saturated rings. The number of ether oxygens (including phenoxy) is 16. The minimum absolute atomic E-state index is 0.0912. The van der Waals surface area contributed by atoms with E-state index in [0.717, 1.165) is 0 Å². The Morgan fingerprint density at radius 1 is 0.404 bits per heavy atom. The lowest BCUT2D eigenvalue weighted by molar-refractivity contribution is -0.298. The SMILES string of the molecule is CC1OC[C@H]2OC[C@@H](C)[C@@H](O)[C@@H]2O1.CC1OC[C@H]2OC[C@H](C)[C@H](O)[C@H]2O1.COC(=O)c1ncc[nH]c1=O.COC(=O)c1ncc[nH]c1=O.COC(=O)c1nccn([C@@H]2CO[C@@H]3COC(C)O[C@@H]3[C@H]2O)c1=O.COC(=O)c1nccn([C@H]2CO[C@@H]3COC(C)O[C@H]3[C@@H]2O)c1=O. The maximum atomic E-state index is 12.4. The lowest BCUT2D eigenvalue weighted by atomic mass is 9.93. The van der Waals surface area contributed by atoms with Gasteiger partial charge in [0.2, 0.25) is 22.8 Å². The van der Waals surface area contributed by atoms with Gasteiger partial charge in [0.1, 0.15) is 61.0 Å². The van der Waals surface area contributed by atoms with Gasteiger partial charge >= 0.3 is 23.9 Å². The predicted octanol–water partition coefficient (Wildman–Crippen LogP) is -2.42. The van der Waals surface area contributed by atoms with Crippen LogP contribution in [0.2, 0.25) is 0 Å². The maximum absolute atomic E-state index is 12.4. The van der Waals surface area contributed by atoms with Gasteiger partial charge in [-0.15, -0.1) is 0 Å². The molecule has 0 aliphatic carbocycles. The summed E-state index contributed by atoms with van der Waals surface area (Å²) in [5, 5.41) is 40.8. The summed E-state index contributed by atoms with van der Waals surface area (Å²) in [5.74, 6) is -2.83. The van der Waals surface area contributed by atoms with Crippen LogP contribution in [0, 0.1) is 11.8 Å². The molecular weight excluding hydrogens is 1260 g/mol. The second-order valence-electron chi connectivity index (χ2n) is 22.0. The molecule has 12 heterocycles. The molecule has 0 bridgehead atoms. The van der Waals surface area contributed by atoms with E-state index in [4.69, 9.17) is 56.8 Å². The van der Waals surface area contributed by atoms with Gasteiger partial charge in [-0.1, -0.05) is 13.8 Å². The Morgan fingerprint density at radius 2 is 0.681 bits per heavy atom. The summed E-state index contributed by atoms with van der Waals surface area (Å²) in [6.07, 6.45) is 3.88. The Balaban J connectivity index is 0.000000164. The van der Waals surface area contributed by atoms with Gasteiger partial charge in [0.25, 0.3) is 22.2 Å². The number of carbonyl (C=O) groups excluding carboxylic acids is 4. The highest BCUT2D eigenvalue weighted by Crippen LogP contribution is 2.33. The number of esters is 4. The van der Waals surface area contributed by atoms with Crippen molar-refractivity contribution >= 4 is 23.9 Å². The van der Waals surface area contributed by atoms with Crippen LogP contribution >= 0.6 is 0 Å². The van der Waals surface area contributed by atoms with E-state index >= 15 is 0 Å². The number of aliphatic hydroxyl groups is 4. The lowest BCUT2D eigenvalue weighted by Crippen LogP contribution is -2.58. The molecule has 6 N–H and O–H groups in total. The van der Waals surface area contributed by atoms with E-state index in [9.17, 15) is 58.8 Å². The van der Waals surface area contributed by atoms with Crippen molar-refractivity contribution < 1.29 is 115 Å². The highest BCUT2D eigenvalue weighted by atomic mass is 16.7. The Hall–Kier alpha value is -7.24. The zero-order chi connectivity index (χ0) is 68.5. The second-order valence-corrected chi connectivity index (χ2v) is 22.0. The van der Waals surface area contributed by atoms with Crippen molar-refractivity contribution in [2.24, 2.45) is 11.8 Å². The average molecular weight is 1340 g/mol. The van der Waals surface area contributed by atoms with Crippen LogP contribution in [0.5, 0.6) is 0 Å². The second kappa shape index (κ2) is 35.0. The third-order valence-corrected chi connectivity index (χ3v) is 15.6. The van der Waals surface area contributed by atoms with Crippen molar-refractivity contribution in [3.63, 3.8) is 0 Å². The molecule has 12 rings (SSSR count). The van der Waals surface area contributed by atoms with Crippen LogP contribution in [0.4, 0.5) is 0 Å². The predicted molar refractivity (Wildman–Crippen MR) is 313 cm³/mol. The van der Waals surface area contributed by atoms with E-state index < -0.39 is 120 Å². The molecule has 0 amide bonds. The molecule has 0 aromatic carbocycles. The van der Waals surface area contributed by atoms with Crippen LogP contribution in [-0.4, -0.2) is 263 Å². The van der Waals surface area contributed by atoms with E-state index in [1.165, 1.54) is 87.1 Å². The number of methoxy groups -OCH3 is 4. The molecule has 0 radical (unpaired) electrons. The van der Waals surface area contributed by atoms with Crippen LogP contribution in [0.15, 0.2) is 68.8 Å². The van der Waals surface area contributed by atoms with Crippen molar-refractivity contribution in [3.05, 3.63) is 114 Å². The van der Waals surface area contributed by atoms with Gasteiger partial charge in [-0.2, -0.15) is 0 Å². The summed E-state index contributed by atoms with van der Waals surface area (Å²) in [5.41, 5.74) is -3.52. The number of aliphatic hydroxyl groups excluding tert-OH is 4. The lowest BCUT2D eigenvalue weighted by Gasteiger charge is -2.44. The molecule has 36 heteroatoms. The summed E-state index contributed by atoms with van der Waals surface area (Å²) in [6.45, 7) is 14.1. The van der Waals surface area contributed by atoms with Gasteiger partial charge in [-0.25, -0.2) is 39.1 Å². The number of hydrogen-bond acceptors (Lipinski definition) is 32. The largest absolute Gasteiger partial charge is 0.464 e. The first-order valence-electron chi connectivity index (χ1n) is 29.7. The zero-order valence-corrected chi connectivity index (χ0v) is 53.1. The summed E-state index contributed by atoms with van der Waals surface area (Å²) in [4.78, 5) is 110. The molecule has 20 atom stereocenters. The van der Waals surface area contributed by atoms with Gasteiger partial charge < -0.3 is 115 Å². The number of H-pyrrole nitrogens is 2. The van der Waals surface area contributed by atoms with Crippen LogP contribution in [0.3, 0.4) is 0 Å². The van der Waals surface area contributed by atoms with E-state index in [1.807, 2.05) is 27.7 Å². The van der Waals surface area contributed by atoms with E-state index in [1.54, 1.807) is 13.8 Å². The molecular formula is C58H80N8O28. The third kappa shape index (κ3) is 18.6. The van der Waals surface area contributed by atoms with Crippen LogP contribution in [0.25, 0.3) is 0 Å². The summed E-state index contributed by atoms with van der Waals surface area (Å²) < 4.78 is 85.7. The molecule has 94 heavy (non-hydrogen) atoms. The fourth-order valence-electron chi connectivity index (χ4n) is 10.5. The summed E-state index contributed by atoms with van der Waals surface area (Å²) >= 11 is 0. The van der Waals surface area contributed by atoms with Gasteiger partial charge in [-0.3, -0.25) is 19.2 Å². The maximum Gasteiger partial charge on any atom is 0.362 e. The van der Waals surface area contributed by atoms with Crippen molar-refractivity contribution in [3.8, 4) is 0 Å². The van der Waals surface area contributed by atoms with Crippen molar-refractivity contribution in [1.29, 1.82) is 0 Å². The molecule has 36 nitrogen and oxygen atoms in total. The minimum atomic E-state index is -0.981. The summed E-state index contributed by atoms with van der Waals surface area (Å²) in [7, 11) is 4.72. The van der Waals surface area contributed by atoms with Crippen LogP contribution in [0.1, 0.15) is 95.6 Å². The van der Waals surface area contributed by atoms with Gasteiger partial charge in [0.05, 0.1) is 106 Å². The fraction of sp³-hybridized carbons (Fsp3) is 0.655. The van der Waals surface area contributed by atoms with E-state index in [2.05, 4.69) is 48.9 Å². The van der Waals surface area contributed by atoms with Crippen molar-refractivity contribution in [2.75, 3.05) is 81.3 Å². The van der Waals surface area contributed by atoms with Crippen molar-refractivity contribution in [1.82, 2.24) is 39.0 Å². The Morgan fingerprint density at radius 3 is 0.979 bits per heavy atom. The Bertz CT molecular complexity index is 3150. The number of nitrogens with one attached hydrogen (secondary N) is 2. The standard InChI is InChI=1S/2C14H18N2O7.2C9H16O4.2C6H6N2O3/c2*1-7-21-6-9-12(23-7)11(17)8(5-22-9)16-4-3-15-10(13(16)18)14(19)20-2;2*1-5-3-12-7-4-11-6(2)13-9(7)8(5)10;2*1-11-6(10)4-5(9)8-3-2-7-4/h2*3-4,7-9,11-12,17H,5-6H2,1-2H3;2*5-10H,3-4H2,1-2H3;2*2-3H,1H3,(H,8,9)/t7?,8-,9+,11+,12+;7?,8-,9-,11+,12+;5-,6?,7+,8-,9-;5-,6?,7-,8-,9-;;/m0101../s1. The topological polar surface area (TPSA) is 458 Å². The zero-order valence-electron chi connectivity index (χ0n) is 53.1.